The van der Waals surface area contributed by atoms with Gasteiger partial charge in [-0.2, -0.15) is 0 Å². The Kier molecular flexibility index (Phi) is 5.93. The third kappa shape index (κ3) is 4.08. The Hall–Kier alpha value is -4.98. The van der Waals surface area contributed by atoms with Gasteiger partial charge in [0.1, 0.15) is 46.9 Å². The predicted molar refractivity (Wildman–Crippen MR) is 136 cm³/mol. The van der Waals surface area contributed by atoms with Gasteiger partial charge in [-0.15, -0.1) is 6.42 Å². The van der Waals surface area contributed by atoms with Gasteiger partial charge in [-0.25, -0.2) is 29.3 Å². The van der Waals surface area contributed by atoms with Crippen LogP contribution < -0.4 is 15.2 Å². The van der Waals surface area contributed by atoms with Crippen molar-refractivity contribution in [1.82, 2.24) is 34.4 Å². The molecule has 1 aliphatic rings. The van der Waals surface area contributed by atoms with E-state index in [0.717, 1.165) is 5.69 Å². The smallest absolute Gasteiger partial charge is 0.322 e. The summed E-state index contributed by atoms with van der Waals surface area (Å²) in [6.45, 7) is 1.82. The van der Waals surface area contributed by atoms with Gasteiger partial charge in [-0.1, -0.05) is 5.92 Å². The molecule has 4 aromatic rings. The van der Waals surface area contributed by atoms with Crippen LogP contribution in [0.5, 0.6) is 11.8 Å². The van der Waals surface area contributed by atoms with Crippen LogP contribution in [0.3, 0.4) is 0 Å². The Bertz CT molecular complexity index is 1640. The highest BCUT2D eigenvalue weighted by Gasteiger charge is 2.34. The topological polar surface area (TPSA) is 117 Å². The molecule has 11 heteroatoms. The first-order valence-electron chi connectivity index (χ1n) is 11.2. The molecule has 5 heterocycles. The van der Waals surface area contributed by atoms with E-state index in [1.807, 2.05) is 18.5 Å². The monoisotopic (exact) mass is 498 g/mol. The number of hydrogen-bond acceptors (Lipinski definition) is 9. The van der Waals surface area contributed by atoms with E-state index in [-0.39, 0.29) is 17.6 Å². The molecule has 0 aromatic carbocycles. The Morgan fingerprint density at radius 3 is 2.70 bits per heavy atom. The molecule has 5 rings (SSSR count). The summed E-state index contributed by atoms with van der Waals surface area (Å²) in [5.41, 5.74) is 9.73. The second-order valence-corrected chi connectivity index (χ2v) is 8.40. The number of fused-ring (bicyclic) bond motifs is 1. The number of rotatable bonds is 5. The molecular weight excluding hydrogens is 475 g/mol. The minimum Gasteiger partial charge on any atom is -0.496 e. The Morgan fingerprint density at radius 2 is 2.00 bits per heavy atom. The van der Waals surface area contributed by atoms with E-state index in [9.17, 15) is 0 Å². The molecule has 186 valence electrons. The number of anilines is 1. The lowest BCUT2D eigenvalue weighted by atomic mass is 9.96. The number of nitrogens with two attached hydrogens (primary N) is 1. The first-order chi connectivity index (χ1) is 17.8. The molecule has 0 radical (unpaired) electrons. The van der Waals surface area contributed by atoms with Crippen molar-refractivity contribution in [3.8, 4) is 35.4 Å². The molecule has 10 nitrogen and oxygen atoms in total. The highest BCUT2D eigenvalue weighted by atomic mass is 19.1. The zero-order valence-corrected chi connectivity index (χ0v) is 20.6. The predicted octanol–water partition coefficient (Wildman–Crippen LogP) is 3.46. The quantitative estimate of drug-likeness (QED) is 0.413. The third-order valence-electron chi connectivity index (χ3n) is 6.06. The van der Waals surface area contributed by atoms with E-state index in [4.69, 9.17) is 21.6 Å². The first-order valence-corrected chi connectivity index (χ1v) is 11.2. The summed E-state index contributed by atoms with van der Waals surface area (Å²) in [5, 5.41) is 0.517. The molecule has 1 unspecified atom stereocenters. The number of nitrogen functional groups attached to an aromatic ring is 1. The number of nitrogens with zero attached hydrogens (tertiary/aromatic N) is 7. The van der Waals surface area contributed by atoms with Crippen molar-refractivity contribution in [2.24, 2.45) is 7.05 Å². The molecule has 0 saturated carbocycles. The standard InChI is InChI=1S/C26H23FN8O2/c1-6-15-9-19(36-5)17(11-30-15)22-20(21-24(28)31-13-32-25(21)35(22)4)23-18(27)10-16(12-34(23)3)37-26-29-8-7-14(2)33-26/h1,7-13,23H,2-5H3,(H2,28,31,32). The second-order valence-electron chi connectivity index (χ2n) is 8.40. The van der Waals surface area contributed by atoms with Crippen LogP contribution >= 0.6 is 0 Å². The van der Waals surface area contributed by atoms with Crippen LogP contribution in [0.4, 0.5) is 10.2 Å². The van der Waals surface area contributed by atoms with E-state index >= 15 is 4.39 Å². The van der Waals surface area contributed by atoms with Crippen LogP contribution in [0.15, 0.2) is 54.7 Å². The largest absolute Gasteiger partial charge is 0.496 e. The lowest BCUT2D eigenvalue weighted by Gasteiger charge is -2.30. The minimum atomic E-state index is -0.880. The van der Waals surface area contributed by atoms with Crippen molar-refractivity contribution >= 4 is 16.9 Å². The average Bonchev–Trinajstić information content (AvgIpc) is 3.16. The minimum absolute atomic E-state index is 0.120. The molecule has 0 aliphatic carbocycles. The molecular formula is C26H23FN8O2. The van der Waals surface area contributed by atoms with Crippen molar-refractivity contribution in [2.45, 2.75) is 13.0 Å². The van der Waals surface area contributed by atoms with Crippen molar-refractivity contribution < 1.29 is 13.9 Å². The summed E-state index contributed by atoms with van der Waals surface area (Å²) in [4.78, 5) is 22.9. The molecule has 0 fully saturated rings. The molecule has 4 aromatic heterocycles. The number of hydrogen-bond donors (Lipinski definition) is 1. The molecule has 1 atom stereocenters. The summed E-state index contributed by atoms with van der Waals surface area (Å²) in [7, 11) is 5.08. The molecule has 0 spiro atoms. The third-order valence-corrected chi connectivity index (χ3v) is 6.06. The van der Waals surface area contributed by atoms with Crippen molar-refractivity contribution in [3.05, 3.63) is 71.7 Å². The van der Waals surface area contributed by atoms with Gasteiger partial charge in [-0.05, 0) is 13.0 Å². The number of allylic oxidation sites excluding steroid dienone is 1. The Morgan fingerprint density at radius 1 is 1.19 bits per heavy atom. The van der Waals surface area contributed by atoms with Gasteiger partial charge >= 0.3 is 6.01 Å². The number of methoxy groups -OCH3 is 1. The fraction of sp³-hybridized carbons (Fsp3) is 0.192. The van der Waals surface area contributed by atoms with E-state index in [2.05, 4.69) is 30.8 Å². The maximum atomic E-state index is 16.0. The van der Waals surface area contributed by atoms with Crippen LogP contribution in [0.2, 0.25) is 0 Å². The highest BCUT2D eigenvalue weighted by molar-refractivity contribution is 5.97. The number of likely N-dealkylation sites (N-methyl/N-ethyl adjacent to an activating group) is 1. The van der Waals surface area contributed by atoms with Crippen molar-refractivity contribution in [3.63, 3.8) is 0 Å². The maximum absolute atomic E-state index is 16.0. The van der Waals surface area contributed by atoms with E-state index in [1.54, 1.807) is 42.7 Å². The average molecular weight is 499 g/mol. The van der Waals surface area contributed by atoms with Gasteiger partial charge in [0.2, 0.25) is 0 Å². The van der Waals surface area contributed by atoms with Gasteiger partial charge in [0.15, 0.2) is 0 Å². The van der Waals surface area contributed by atoms with E-state index < -0.39 is 11.9 Å². The highest BCUT2D eigenvalue weighted by Crippen LogP contribution is 2.46. The molecule has 0 bridgehead atoms. The number of aromatic nitrogens is 6. The van der Waals surface area contributed by atoms with Crippen LogP contribution in [0.1, 0.15) is 23.0 Å². The molecule has 0 amide bonds. The molecule has 0 saturated heterocycles. The maximum Gasteiger partial charge on any atom is 0.322 e. The summed E-state index contributed by atoms with van der Waals surface area (Å²) in [6, 6.07) is 2.63. The van der Waals surface area contributed by atoms with Gasteiger partial charge in [-0.3, -0.25) is 0 Å². The SMILES string of the molecule is C#Cc1cc(OC)c(-c2c(C3C(F)=CC(Oc4nccc(C)n4)=CN3C)c3c(N)ncnc3n2C)cn1. The fourth-order valence-corrected chi connectivity index (χ4v) is 4.46. The normalized spacial score (nSPS) is 15.2. The lowest BCUT2D eigenvalue weighted by Crippen LogP contribution is -2.25. The summed E-state index contributed by atoms with van der Waals surface area (Å²) < 4.78 is 29.2. The molecule has 2 N–H and O–H groups in total. The Labute approximate surface area is 212 Å². The fourth-order valence-electron chi connectivity index (χ4n) is 4.46. The van der Waals surface area contributed by atoms with Gasteiger partial charge < -0.3 is 24.7 Å². The molecule has 1 aliphatic heterocycles. The first kappa shape index (κ1) is 23.7. The summed E-state index contributed by atoms with van der Waals surface area (Å²) >= 11 is 0. The van der Waals surface area contributed by atoms with Crippen LogP contribution in [-0.2, 0) is 7.05 Å². The van der Waals surface area contributed by atoms with E-state index in [1.165, 1.54) is 19.5 Å². The van der Waals surface area contributed by atoms with Crippen molar-refractivity contribution in [2.75, 3.05) is 19.9 Å². The number of terminal acetylenes is 1. The number of aryl methyl sites for hydroxylation is 2. The Balaban J connectivity index is 1.69. The molecule has 37 heavy (non-hydrogen) atoms. The summed E-state index contributed by atoms with van der Waals surface area (Å²) in [6.07, 6.45) is 13.0. The zero-order chi connectivity index (χ0) is 26.3. The summed E-state index contributed by atoms with van der Waals surface area (Å²) in [5.74, 6) is 2.94. The van der Waals surface area contributed by atoms with Crippen LogP contribution in [0, 0.1) is 19.3 Å². The van der Waals surface area contributed by atoms with Crippen molar-refractivity contribution in [1.29, 1.82) is 0 Å². The second kappa shape index (κ2) is 9.23. The van der Waals surface area contributed by atoms with E-state index in [0.29, 0.717) is 39.3 Å². The number of halogens is 1. The number of ether oxygens (including phenoxy) is 2. The van der Waals surface area contributed by atoms with Crippen LogP contribution in [0.25, 0.3) is 22.3 Å². The van der Waals surface area contributed by atoms with Crippen LogP contribution in [-0.4, -0.2) is 48.5 Å². The number of pyridine rings is 1. The lowest BCUT2D eigenvalue weighted by molar-refractivity contribution is 0.292. The van der Waals surface area contributed by atoms with Gasteiger partial charge in [0, 0.05) is 56.1 Å². The van der Waals surface area contributed by atoms with Gasteiger partial charge in [0.05, 0.1) is 23.8 Å². The zero-order valence-electron chi connectivity index (χ0n) is 20.6. The van der Waals surface area contributed by atoms with Gasteiger partial charge in [0.25, 0.3) is 0 Å².